The highest BCUT2D eigenvalue weighted by Crippen LogP contribution is 2.28. The van der Waals surface area contributed by atoms with Gasteiger partial charge in [-0.3, -0.25) is 9.69 Å². The molecule has 0 saturated carbocycles. The van der Waals surface area contributed by atoms with E-state index in [1.807, 2.05) is 11.8 Å². The van der Waals surface area contributed by atoms with Crippen molar-refractivity contribution in [1.82, 2.24) is 14.9 Å². The van der Waals surface area contributed by atoms with Crippen LogP contribution in [0.1, 0.15) is 41.8 Å². The summed E-state index contributed by atoms with van der Waals surface area (Å²) in [4.78, 5) is 35.1. The van der Waals surface area contributed by atoms with Gasteiger partial charge in [0.15, 0.2) is 0 Å². The van der Waals surface area contributed by atoms with Gasteiger partial charge in [-0.15, -0.1) is 17.9 Å². The zero-order valence-corrected chi connectivity index (χ0v) is 18.2. The summed E-state index contributed by atoms with van der Waals surface area (Å²) in [5.41, 5.74) is 0.298. The van der Waals surface area contributed by atoms with Gasteiger partial charge in [-0.2, -0.15) is 0 Å². The van der Waals surface area contributed by atoms with Crippen molar-refractivity contribution in [3.05, 3.63) is 39.3 Å². The molecule has 29 heavy (non-hydrogen) atoms. The lowest BCUT2D eigenvalue weighted by molar-refractivity contribution is 0.0252. The van der Waals surface area contributed by atoms with Crippen LogP contribution < -0.4 is 5.56 Å². The Labute approximate surface area is 174 Å². The van der Waals surface area contributed by atoms with Crippen LogP contribution in [0.4, 0.5) is 0 Å². The van der Waals surface area contributed by atoms with Gasteiger partial charge in [0.1, 0.15) is 15.5 Å². The number of H-pyrrole nitrogens is 1. The van der Waals surface area contributed by atoms with Gasteiger partial charge in [0.2, 0.25) is 0 Å². The average Bonchev–Trinajstić information content (AvgIpc) is 2.98. The number of aromatic amines is 1. The van der Waals surface area contributed by atoms with Gasteiger partial charge in [-0.1, -0.05) is 13.0 Å². The number of hydrogen-bond donors (Lipinski definition) is 2. The average molecular weight is 424 g/mol. The zero-order valence-electron chi connectivity index (χ0n) is 17.4. The molecule has 0 fully saturated rings. The maximum absolute atomic E-state index is 12.6. The predicted molar refractivity (Wildman–Crippen MR) is 114 cm³/mol. The molecular weight excluding hydrogens is 394 g/mol. The fraction of sp³-hybridized carbons (Fsp3) is 0.550. The first-order chi connectivity index (χ1) is 13.8. The highest BCUT2D eigenvalue weighted by atomic mass is 32.1. The SMILES string of the molecule is C=CCOC[C@H](O)CN(CC)Cc1nc2sc(C(=O)OC(C)C)c(C)c2c(=O)[nH]1. The number of rotatable bonds is 11. The Morgan fingerprint density at radius 3 is 2.79 bits per heavy atom. The Morgan fingerprint density at radius 2 is 2.17 bits per heavy atom. The quantitative estimate of drug-likeness (QED) is 0.324. The van der Waals surface area contributed by atoms with Crippen LogP contribution in [0.5, 0.6) is 0 Å². The first-order valence-electron chi connectivity index (χ1n) is 9.59. The highest BCUT2D eigenvalue weighted by Gasteiger charge is 2.21. The number of carbonyl (C=O) groups is 1. The third-order valence-electron chi connectivity index (χ3n) is 4.21. The molecule has 160 valence electrons. The first kappa shape index (κ1) is 23.2. The fourth-order valence-corrected chi connectivity index (χ4v) is 3.96. The number of carbonyl (C=O) groups excluding carboxylic acids is 1. The Bertz CT molecular complexity index is 905. The van der Waals surface area contributed by atoms with Crippen molar-refractivity contribution in [2.45, 2.75) is 46.4 Å². The molecule has 0 aliphatic carbocycles. The van der Waals surface area contributed by atoms with Crippen LogP contribution in [-0.4, -0.2) is 64.5 Å². The minimum Gasteiger partial charge on any atom is -0.459 e. The number of hydrogen-bond acceptors (Lipinski definition) is 8. The summed E-state index contributed by atoms with van der Waals surface area (Å²) < 4.78 is 10.5. The van der Waals surface area contributed by atoms with E-state index >= 15 is 0 Å². The molecule has 2 aromatic rings. The van der Waals surface area contributed by atoms with Gasteiger partial charge in [-0.25, -0.2) is 9.78 Å². The smallest absolute Gasteiger partial charge is 0.348 e. The normalized spacial score (nSPS) is 12.7. The Kier molecular flexibility index (Phi) is 8.51. The molecule has 2 aromatic heterocycles. The molecule has 0 spiro atoms. The van der Waals surface area contributed by atoms with E-state index in [0.717, 1.165) is 11.3 Å². The van der Waals surface area contributed by atoms with E-state index < -0.39 is 12.1 Å². The van der Waals surface area contributed by atoms with Gasteiger partial charge in [0.05, 0.1) is 37.4 Å². The lowest BCUT2D eigenvalue weighted by atomic mass is 10.2. The van der Waals surface area contributed by atoms with Crippen molar-refractivity contribution in [3.8, 4) is 0 Å². The van der Waals surface area contributed by atoms with Crippen molar-refractivity contribution in [1.29, 1.82) is 0 Å². The van der Waals surface area contributed by atoms with Crippen molar-refractivity contribution >= 4 is 27.5 Å². The van der Waals surface area contributed by atoms with Crippen molar-refractivity contribution in [2.24, 2.45) is 0 Å². The van der Waals surface area contributed by atoms with E-state index in [9.17, 15) is 14.7 Å². The molecule has 1 atom stereocenters. The van der Waals surface area contributed by atoms with E-state index in [1.165, 1.54) is 0 Å². The van der Waals surface area contributed by atoms with Gasteiger partial charge in [-0.05, 0) is 32.9 Å². The predicted octanol–water partition coefficient (Wildman–Crippen LogP) is 2.24. The van der Waals surface area contributed by atoms with Crippen molar-refractivity contribution in [3.63, 3.8) is 0 Å². The lowest BCUT2D eigenvalue weighted by Gasteiger charge is -2.22. The monoisotopic (exact) mass is 423 g/mol. The molecule has 2 N–H and O–H groups in total. The van der Waals surface area contributed by atoms with E-state index in [4.69, 9.17) is 9.47 Å². The van der Waals surface area contributed by atoms with Crippen LogP contribution in [0.3, 0.4) is 0 Å². The summed E-state index contributed by atoms with van der Waals surface area (Å²) in [6, 6.07) is 0. The van der Waals surface area contributed by atoms with Crippen LogP contribution >= 0.6 is 11.3 Å². The summed E-state index contributed by atoms with van der Waals surface area (Å²) in [7, 11) is 0. The molecule has 0 unspecified atom stereocenters. The van der Waals surface area contributed by atoms with Crippen LogP contribution in [0.2, 0.25) is 0 Å². The van der Waals surface area contributed by atoms with Crippen molar-refractivity contribution in [2.75, 3.05) is 26.3 Å². The molecular formula is C20H29N3O5S. The standard InChI is InChI=1S/C20H29N3O5S/c1-6-8-27-11-14(24)9-23(7-2)10-15-21-18(25)16-13(5)17(29-19(16)22-15)20(26)28-12(3)4/h6,12,14,24H,1,7-11H2,2-5H3,(H,21,22,25)/t14-/m1/s1. The number of nitrogens with one attached hydrogen (secondary N) is 1. The topological polar surface area (TPSA) is 105 Å². The minimum absolute atomic E-state index is 0.205. The zero-order chi connectivity index (χ0) is 21.6. The Balaban J connectivity index is 2.20. The third-order valence-corrected chi connectivity index (χ3v) is 5.38. The van der Waals surface area contributed by atoms with Crippen molar-refractivity contribution < 1.29 is 19.4 Å². The second-order valence-electron chi connectivity index (χ2n) is 7.01. The van der Waals surface area contributed by atoms with E-state index in [1.54, 1.807) is 26.8 Å². The first-order valence-corrected chi connectivity index (χ1v) is 10.4. The van der Waals surface area contributed by atoms with Crippen LogP contribution in [-0.2, 0) is 16.0 Å². The molecule has 0 radical (unpaired) electrons. The molecule has 0 amide bonds. The molecule has 2 heterocycles. The molecule has 0 aliphatic rings. The van der Waals surface area contributed by atoms with Gasteiger partial charge >= 0.3 is 5.97 Å². The number of aliphatic hydroxyl groups is 1. The summed E-state index contributed by atoms with van der Waals surface area (Å²) in [6.45, 7) is 12.8. The molecule has 0 aromatic carbocycles. The second-order valence-corrected chi connectivity index (χ2v) is 8.01. The van der Waals surface area contributed by atoms with Gasteiger partial charge in [0, 0.05) is 6.54 Å². The van der Waals surface area contributed by atoms with E-state index in [-0.39, 0.29) is 18.3 Å². The molecule has 0 aliphatic heterocycles. The van der Waals surface area contributed by atoms with E-state index in [2.05, 4.69) is 16.5 Å². The minimum atomic E-state index is -0.660. The number of aryl methyl sites for hydroxylation is 1. The highest BCUT2D eigenvalue weighted by molar-refractivity contribution is 7.20. The lowest BCUT2D eigenvalue weighted by Crippen LogP contribution is -2.35. The van der Waals surface area contributed by atoms with Crippen LogP contribution in [0.15, 0.2) is 17.4 Å². The number of thiophene rings is 1. The maximum atomic E-state index is 12.6. The maximum Gasteiger partial charge on any atom is 0.348 e. The fourth-order valence-electron chi connectivity index (χ4n) is 2.88. The van der Waals surface area contributed by atoms with Crippen LogP contribution in [0.25, 0.3) is 10.2 Å². The molecule has 8 nitrogen and oxygen atoms in total. The van der Waals surface area contributed by atoms with E-state index in [0.29, 0.717) is 52.7 Å². The molecule has 0 saturated heterocycles. The number of fused-ring (bicyclic) bond motifs is 1. The molecule has 2 rings (SSSR count). The number of ether oxygens (including phenoxy) is 2. The van der Waals surface area contributed by atoms with Crippen LogP contribution in [0, 0.1) is 6.92 Å². The largest absolute Gasteiger partial charge is 0.459 e. The summed E-state index contributed by atoms with van der Waals surface area (Å²) >= 11 is 1.16. The summed E-state index contributed by atoms with van der Waals surface area (Å²) in [6.07, 6.45) is 0.725. The van der Waals surface area contributed by atoms with Gasteiger partial charge in [0.25, 0.3) is 5.56 Å². The number of nitrogens with zero attached hydrogens (tertiary/aromatic N) is 2. The summed E-state index contributed by atoms with van der Waals surface area (Å²) in [5.74, 6) is 0.0351. The number of esters is 1. The van der Waals surface area contributed by atoms with Gasteiger partial charge < -0.3 is 19.6 Å². The molecule has 0 bridgehead atoms. The molecule has 9 heteroatoms. The Morgan fingerprint density at radius 1 is 1.45 bits per heavy atom. The summed E-state index contributed by atoms with van der Waals surface area (Å²) in [5, 5.41) is 10.5. The number of likely N-dealkylation sites (N-methyl/N-ethyl adjacent to an activating group) is 1. The second kappa shape index (κ2) is 10.6. The third kappa shape index (κ3) is 6.20. The number of aromatic nitrogens is 2. The Hall–Kier alpha value is -2.07. The number of aliphatic hydroxyl groups excluding tert-OH is 1.